The van der Waals surface area contributed by atoms with Crippen molar-refractivity contribution in [2.24, 2.45) is 5.73 Å². The van der Waals surface area contributed by atoms with E-state index in [0.717, 1.165) is 11.3 Å². The first-order valence-corrected chi connectivity index (χ1v) is 7.20. The summed E-state index contributed by atoms with van der Waals surface area (Å²) in [6, 6.07) is 15.5. The lowest BCUT2D eigenvalue weighted by atomic mass is 10.0. The van der Waals surface area contributed by atoms with Crippen LogP contribution in [-0.2, 0) is 6.54 Å². The molecule has 0 aromatic heterocycles. The summed E-state index contributed by atoms with van der Waals surface area (Å²) < 4.78 is 0. The van der Waals surface area contributed by atoms with Gasteiger partial charge in [-0.05, 0) is 41.3 Å². The van der Waals surface area contributed by atoms with Crippen LogP contribution in [0.5, 0.6) is 0 Å². The summed E-state index contributed by atoms with van der Waals surface area (Å²) in [4.78, 5) is 14.2. The van der Waals surface area contributed by atoms with E-state index in [1.165, 1.54) is 5.56 Å². The summed E-state index contributed by atoms with van der Waals surface area (Å²) in [7, 11) is 1.80. The van der Waals surface area contributed by atoms with Gasteiger partial charge in [0.25, 0.3) is 5.91 Å². The van der Waals surface area contributed by atoms with Gasteiger partial charge in [-0.25, -0.2) is 0 Å². The lowest BCUT2D eigenvalue weighted by Crippen LogP contribution is -2.26. The number of nitrogens with zero attached hydrogens (tertiary/aromatic N) is 1. The zero-order valence-corrected chi connectivity index (χ0v) is 14.1. The molecule has 0 saturated heterocycles. The second-order valence-electron chi connectivity index (χ2n) is 5.51. The van der Waals surface area contributed by atoms with Gasteiger partial charge in [-0.3, -0.25) is 4.79 Å². The Kier molecular flexibility index (Phi) is 6.60. The Bertz CT molecular complexity index is 623. The van der Waals surface area contributed by atoms with Crippen LogP contribution in [0.4, 0.5) is 5.69 Å². The van der Waals surface area contributed by atoms with Gasteiger partial charge >= 0.3 is 0 Å². The molecule has 0 aliphatic heterocycles. The van der Waals surface area contributed by atoms with Crippen molar-refractivity contribution in [3.05, 3.63) is 65.2 Å². The zero-order chi connectivity index (χ0) is 15.4. The van der Waals surface area contributed by atoms with E-state index in [-0.39, 0.29) is 18.3 Å². The van der Waals surface area contributed by atoms with Crippen molar-refractivity contribution >= 4 is 24.0 Å². The lowest BCUT2D eigenvalue weighted by molar-refractivity contribution is 0.0993. The van der Waals surface area contributed by atoms with Gasteiger partial charge < -0.3 is 10.6 Å². The van der Waals surface area contributed by atoms with E-state index < -0.39 is 0 Å². The van der Waals surface area contributed by atoms with E-state index in [9.17, 15) is 4.79 Å². The molecule has 0 fully saturated rings. The monoisotopic (exact) mass is 318 g/mol. The maximum Gasteiger partial charge on any atom is 0.258 e. The fourth-order valence-corrected chi connectivity index (χ4v) is 2.19. The van der Waals surface area contributed by atoms with Gasteiger partial charge in [0.2, 0.25) is 0 Å². The van der Waals surface area contributed by atoms with E-state index in [1.807, 2.05) is 36.4 Å². The molecule has 2 N–H and O–H groups in total. The number of anilines is 1. The average Bonchev–Trinajstić information content (AvgIpc) is 2.53. The number of nitrogens with two attached hydrogens (primary N) is 1. The van der Waals surface area contributed by atoms with Gasteiger partial charge in [0.05, 0.1) is 0 Å². The summed E-state index contributed by atoms with van der Waals surface area (Å²) in [6.45, 7) is 4.78. The second-order valence-corrected chi connectivity index (χ2v) is 5.51. The van der Waals surface area contributed by atoms with Gasteiger partial charge in [-0.2, -0.15) is 0 Å². The molecule has 0 heterocycles. The zero-order valence-electron chi connectivity index (χ0n) is 13.2. The van der Waals surface area contributed by atoms with Crippen LogP contribution < -0.4 is 10.6 Å². The summed E-state index contributed by atoms with van der Waals surface area (Å²) in [5.41, 5.74) is 9.41. The van der Waals surface area contributed by atoms with Crippen LogP contribution in [0.15, 0.2) is 48.5 Å². The molecule has 0 saturated carbocycles. The first-order chi connectivity index (χ1) is 10.0. The van der Waals surface area contributed by atoms with Gasteiger partial charge in [0.1, 0.15) is 0 Å². The van der Waals surface area contributed by atoms with Crippen LogP contribution in [0.3, 0.4) is 0 Å². The molecule has 0 unspecified atom stereocenters. The van der Waals surface area contributed by atoms with Crippen molar-refractivity contribution < 1.29 is 4.79 Å². The largest absolute Gasteiger partial charge is 0.326 e. The minimum absolute atomic E-state index is 0. The van der Waals surface area contributed by atoms with Gasteiger partial charge in [0, 0.05) is 24.8 Å². The molecule has 0 aliphatic rings. The highest BCUT2D eigenvalue weighted by Crippen LogP contribution is 2.22. The smallest absolute Gasteiger partial charge is 0.258 e. The van der Waals surface area contributed by atoms with Crippen molar-refractivity contribution in [3.8, 4) is 0 Å². The molecule has 0 radical (unpaired) electrons. The van der Waals surface area contributed by atoms with Crippen molar-refractivity contribution in [1.82, 2.24) is 0 Å². The third kappa shape index (κ3) is 4.09. The average molecular weight is 319 g/mol. The Hall–Kier alpha value is -1.84. The molecular formula is C18H23ClN2O. The number of benzene rings is 2. The van der Waals surface area contributed by atoms with Crippen LogP contribution in [0.25, 0.3) is 0 Å². The van der Waals surface area contributed by atoms with Gasteiger partial charge in [-0.15, -0.1) is 12.4 Å². The summed E-state index contributed by atoms with van der Waals surface area (Å²) in [6.07, 6.45) is 0. The van der Waals surface area contributed by atoms with Crippen molar-refractivity contribution in [1.29, 1.82) is 0 Å². The standard InChI is InChI=1S/C18H22N2O.ClH/c1-13(2)16-5-4-6-17(11-16)20(3)18(21)15-9-7-14(12-19)8-10-15;/h4-11,13H,12,19H2,1-3H3;1H. The Morgan fingerprint density at radius 2 is 1.77 bits per heavy atom. The highest BCUT2D eigenvalue weighted by atomic mass is 35.5. The molecule has 2 rings (SSSR count). The SMILES string of the molecule is CC(C)c1cccc(N(C)C(=O)c2ccc(CN)cc2)c1.Cl. The second kappa shape index (κ2) is 7.97. The van der Waals surface area contributed by atoms with Crippen LogP contribution >= 0.6 is 12.4 Å². The van der Waals surface area contributed by atoms with Crippen molar-refractivity contribution in [2.45, 2.75) is 26.3 Å². The number of hydrogen-bond acceptors (Lipinski definition) is 2. The highest BCUT2D eigenvalue weighted by molar-refractivity contribution is 6.05. The first-order valence-electron chi connectivity index (χ1n) is 7.20. The van der Waals surface area contributed by atoms with Crippen LogP contribution in [0, 0.1) is 0 Å². The minimum atomic E-state index is -0.0144. The van der Waals surface area contributed by atoms with E-state index in [0.29, 0.717) is 18.0 Å². The number of rotatable bonds is 4. The first kappa shape index (κ1) is 18.2. The molecule has 0 aliphatic carbocycles. The van der Waals surface area contributed by atoms with E-state index >= 15 is 0 Å². The van der Waals surface area contributed by atoms with Crippen LogP contribution in [0.1, 0.15) is 41.3 Å². The molecule has 3 nitrogen and oxygen atoms in total. The molecule has 22 heavy (non-hydrogen) atoms. The van der Waals surface area contributed by atoms with Crippen molar-refractivity contribution in [3.63, 3.8) is 0 Å². The fraction of sp³-hybridized carbons (Fsp3) is 0.278. The van der Waals surface area contributed by atoms with Crippen LogP contribution in [-0.4, -0.2) is 13.0 Å². The molecular weight excluding hydrogens is 296 g/mol. The third-order valence-electron chi connectivity index (χ3n) is 3.67. The molecule has 118 valence electrons. The van der Waals surface area contributed by atoms with Gasteiger partial charge in [0.15, 0.2) is 0 Å². The van der Waals surface area contributed by atoms with Crippen LogP contribution in [0.2, 0.25) is 0 Å². The summed E-state index contributed by atoms with van der Waals surface area (Å²) in [5.74, 6) is 0.428. The fourth-order valence-electron chi connectivity index (χ4n) is 2.19. The lowest BCUT2D eigenvalue weighted by Gasteiger charge is -2.19. The maximum absolute atomic E-state index is 12.5. The molecule has 2 aromatic carbocycles. The summed E-state index contributed by atoms with van der Waals surface area (Å²) >= 11 is 0. The topological polar surface area (TPSA) is 46.3 Å². The number of hydrogen-bond donors (Lipinski definition) is 1. The quantitative estimate of drug-likeness (QED) is 0.927. The maximum atomic E-state index is 12.5. The predicted molar refractivity (Wildman–Crippen MR) is 94.8 cm³/mol. The number of halogens is 1. The Morgan fingerprint density at radius 3 is 2.32 bits per heavy atom. The summed E-state index contributed by atoms with van der Waals surface area (Å²) in [5, 5.41) is 0. The normalized spacial score (nSPS) is 10.2. The minimum Gasteiger partial charge on any atom is -0.326 e. The van der Waals surface area contributed by atoms with Crippen molar-refractivity contribution in [2.75, 3.05) is 11.9 Å². The molecule has 2 aromatic rings. The number of carbonyl (C=O) groups is 1. The number of carbonyl (C=O) groups excluding carboxylic acids is 1. The molecule has 0 bridgehead atoms. The molecule has 0 atom stereocenters. The van der Waals surface area contributed by atoms with E-state index in [1.54, 1.807) is 11.9 Å². The predicted octanol–water partition coefficient (Wildman–Crippen LogP) is 3.97. The Morgan fingerprint density at radius 1 is 1.14 bits per heavy atom. The molecule has 1 amide bonds. The molecule has 4 heteroatoms. The number of amides is 1. The molecule has 0 spiro atoms. The van der Waals surface area contributed by atoms with E-state index in [2.05, 4.69) is 26.0 Å². The van der Waals surface area contributed by atoms with Gasteiger partial charge in [-0.1, -0.05) is 38.1 Å². The highest BCUT2D eigenvalue weighted by Gasteiger charge is 2.14. The Balaban J connectivity index is 0.00000242. The van der Waals surface area contributed by atoms with E-state index in [4.69, 9.17) is 5.73 Å². The third-order valence-corrected chi connectivity index (χ3v) is 3.67. The Labute approximate surface area is 138 Å².